The molecule has 1 saturated heterocycles. The van der Waals surface area contributed by atoms with E-state index in [4.69, 9.17) is 0 Å². The molecule has 1 fully saturated rings. The van der Waals surface area contributed by atoms with Crippen molar-refractivity contribution in [1.29, 1.82) is 0 Å². The van der Waals surface area contributed by atoms with E-state index in [1.54, 1.807) is 0 Å². The van der Waals surface area contributed by atoms with E-state index in [0.29, 0.717) is 24.3 Å². The summed E-state index contributed by atoms with van der Waals surface area (Å²) in [5.74, 6) is 1.97. The quantitative estimate of drug-likeness (QED) is 0.780. The highest BCUT2D eigenvalue weighted by atomic mass is 16.3. The number of nitrogens with zero attached hydrogens (tertiary/aromatic N) is 6. The van der Waals surface area contributed by atoms with Gasteiger partial charge in [-0.3, -0.25) is 0 Å². The highest BCUT2D eigenvalue weighted by Crippen LogP contribution is 2.20. The summed E-state index contributed by atoms with van der Waals surface area (Å²) in [4.78, 5) is 19.0. The Hall–Kier alpha value is -1.47. The molecule has 7 nitrogen and oxygen atoms in total. The molecule has 0 amide bonds. The fourth-order valence-electron chi connectivity index (χ4n) is 2.24. The second-order valence-electron chi connectivity index (χ2n) is 5.38. The van der Waals surface area contributed by atoms with Crippen LogP contribution in [-0.4, -0.2) is 78.4 Å². The molecule has 0 aliphatic carbocycles. The number of aliphatic hydroxyl groups is 1. The zero-order chi connectivity index (χ0) is 14.2. The molecule has 0 spiro atoms. The molecule has 0 radical (unpaired) electrons. The minimum atomic E-state index is -0.380. The SMILES string of the molecule is Cc1nc(N(C)C)nc(N2C[C@H](O)[C@@H](N(C)C)C2)n1. The minimum Gasteiger partial charge on any atom is -0.390 e. The molecule has 106 valence electrons. The van der Waals surface area contributed by atoms with E-state index in [9.17, 15) is 5.11 Å². The zero-order valence-electron chi connectivity index (χ0n) is 12.2. The van der Waals surface area contributed by atoms with Crippen LogP contribution in [0.3, 0.4) is 0 Å². The van der Waals surface area contributed by atoms with E-state index in [1.165, 1.54) is 0 Å². The highest BCUT2D eigenvalue weighted by Gasteiger charge is 2.34. The molecule has 1 aliphatic rings. The second-order valence-corrected chi connectivity index (χ2v) is 5.38. The van der Waals surface area contributed by atoms with Crippen LogP contribution in [0.1, 0.15) is 5.82 Å². The summed E-state index contributed by atoms with van der Waals surface area (Å²) in [6, 6.07) is 0.111. The summed E-state index contributed by atoms with van der Waals surface area (Å²) in [6.45, 7) is 3.14. The summed E-state index contributed by atoms with van der Waals surface area (Å²) in [5, 5.41) is 10.1. The fourth-order valence-corrected chi connectivity index (χ4v) is 2.24. The second kappa shape index (κ2) is 5.26. The predicted molar refractivity (Wildman–Crippen MR) is 74.6 cm³/mol. The van der Waals surface area contributed by atoms with E-state index in [2.05, 4.69) is 15.0 Å². The number of rotatable bonds is 3. The van der Waals surface area contributed by atoms with Gasteiger partial charge in [-0.05, 0) is 21.0 Å². The van der Waals surface area contributed by atoms with E-state index in [0.717, 1.165) is 6.54 Å². The van der Waals surface area contributed by atoms with Gasteiger partial charge in [0.15, 0.2) is 0 Å². The Morgan fingerprint density at radius 3 is 2.32 bits per heavy atom. The Kier molecular flexibility index (Phi) is 3.86. The van der Waals surface area contributed by atoms with Crippen LogP contribution < -0.4 is 9.80 Å². The monoisotopic (exact) mass is 266 g/mol. The number of aromatic nitrogens is 3. The number of β-amino-alcohol motifs (C(OH)–C–C–N with tert-alkyl or cyclic N) is 1. The Balaban J connectivity index is 2.23. The third-order valence-corrected chi connectivity index (χ3v) is 3.33. The lowest BCUT2D eigenvalue weighted by Crippen LogP contribution is -2.38. The van der Waals surface area contributed by atoms with Gasteiger partial charge in [0.25, 0.3) is 0 Å². The first-order valence-electron chi connectivity index (χ1n) is 6.38. The van der Waals surface area contributed by atoms with Crippen LogP contribution in [0, 0.1) is 6.92 Å². The van der Waals surface area contributed by atoms with Crippen LogP contribution in [0.25, 0.3) is 0 Å². The Labute approximate surface area is 113 Å². The smallest absolute Gasteiger partial charge is 0.230 e. The van der Waals surface area contributed by atoms with Gasteiger partial charge in [-0.1, -0.05) is 0 Å². The average molecular weight is 266 g/mol. The Bertz CT molecular complexity index is 450. The average Bonchev–Trinajstić information content (AvgIpc) is 2.70. The lowest BCUT2D eigenvalue weighted by molar-refractivity contribution is 0.114. The van der Waals surface area contributed by atoms with Crippen molar-refractivity contribution < 1.29 is 5.11 Å². The van der Waals surface area contributed by atoms with Crippen molar-refractivity contribution in [3.05, 3.63) is 5.82 Å². The van der Waals surface area contributed by atoms with E-state index in [-0.39, 0.29) is 12.1 Å². The standard InChI is InChI=1S/C12H22N6O/c1-8-13-11(17(4)5)15-12(14-8)18-6-9(16(2)3)10(19)7-18/h9-10,19H,6-7H2,1-5H3/t9-,10-/m0/s1. The van der Waals surface area contributed by atoms with Gasteiger partial charge in [-0.15, -0.1) is 0 Å². The normalized spacial score (nSPS) is 23.2. The van der Waals surface area contributed by atoms with Gasteiger partial charge in [0.05, 0.1) is 12.1 Å². The molecule has 19 heavy (non-hydrogen) atoms. The number of hydrogen-bond acceptors (Lipinski definition) is 7. The van der Waals surface area contributed by atoms with Gasteiger partial charge < -0.3 is 19.8 Å². The lowest BCUT2D eigenvalue weighted by atomic mass is 10.2. The van der Waals surface area contributed by atoms with Gasteiger partial charge >= 0.3 is 0 Å². The summed E-state index contributed by atoms with van der Waals surface area (Å²) in [6.07, 6.45) is -0.380. The molecule has 0 unspecified atom stereocenters. The van der Waals surface area contributed by atoms with Crippen molar-refractivity contribution in [2.24, 2.45) is 0 Å². The van der Waals surface area contributed by atoms with Gasteiger partial charge in [-0.2, -0.15) is 15.0 Å². The molecule has 1 aromatic rings. The van der Waals surface area contributed by atoms with Crippen molar-refractivity contribution in [2.75, 3.05) is 51.1 Å². The van der Waals surface area contributed by atoms with Gasteiger partial charge in [0.2, 0.25) is 11.9 Å². The van der Waals surface area contributed by atoms with Crippen molar-refractivity contribution in [3.8, 4) is 0 Å². The van der Waals surface area contributed by atoms with E-state index >= 15 is 0 Å². The maximum absolute atomic E-state index is 10.1. The van der Waals surface area contributed by atoms with Crippen molar-refractivity contribution in [2.45, 2.75) is 19.1 Å². The summed E-state index contributed by atoms with van der Waals surface area (Å²) < 4.78 is 0. The maximum atomic E-state index is 10.1. The Morgan fingerprint density at radius 2 is 1.79 bits per heavy atom. The molecule has 2 heterocycles. The molecule has 2 rings (SSSR count). The summed E-state index contributed by atoms with van der Waals surface area (Å²) >= 11 is 0. The summed E-state index contributed by atoms with van der Waals surface area (Å²) in [7, 11) is 7.75. The number of hydrogen-bond donors (Lipinski definition) is 1. The van der Waals surface area contributed by atoms with Crippen molar-refractivity contribution in [3.63, 3.8) is 0 Å². The molecular weight excluding hydrogens is 244 g/mol. The van der Waals surface area contributed by atoms with Crippen molar-refractivity contribution >= 4 is 11.9 Å². The Morgan fingerprint density at radius 1 is 1.11 bits per heavy atom. The molecular formula is C12H22N6O. The molecule has 1 aliphatic heterocycles. The minimum absolute atomic E-state index is 0.111. The largest absolute Gasteiger partial charge is 0.390 e. The fraction of sp³-hybridized carbons (Fsp3) is 0.750. The van der Waals surface area contributed by atoms with E-state index in [1.807, 2.05) is 49.8 Å². The molecule has 1 aromatic heterocycles. The molecule has 0 bridgehead atoms. The first kappa shape index (κ1) is 14.0. The molecule has 1 N–H and O–H groups in total. The molecule has 0 saturated carbocycles. The first-order valence-corrected chi connectivity index (χ1v) is 6.38. The van der Waals surface area contributed by atoms with Crippen LogP contribution in [0.4, 0.5) is 11.9 Å². The topological polar surface area (TPSA) is 68.6 Å². The number of likely N-dealkylation sites (N-methyl/N-ethyl adjacent to an activating group) is 1. The lowest BCUT2D eigenvalue weighted by Gasteiger charge is -2.22. The molecule has 0 aromatic carbocycles. The van der Waals surface area contributed by atoms with Crippen LogP contribution in [0.2, 0.25) is 0 Å². The first-order chi connectivity index (χ1) is 8.88. The predicted octanol–water partition coefficient (Wildman–Crippen LogP) is -0.643. The van der Waals surface area contributed by atoms with E-state index < -0.39 is 0 Å². The third kappa shape index (κ3) is 2.93. The van der Waals surface area contributed by atoms with Crippen molar-refractivity contribution in [1.82, 2.24) is 19.9 Å². The molecule has 7 heteroatoms. The molecule has 2 atom stereocenters. The maximum Gasteiger partial charge on any atom is 0.230 e. The van der Waals surface area contributed by atoms with Gasteiger partial charge in [0, 0.05) is 27.2 Å². The third-order valence-electron chi connectivity index (χ3n) is 3.33. The number of anilines is 2. The van der Waals surface area contributed by atoms with Gasteiger partial charge in [0.1, 0.15) is 5.82 Å². The number of aryl methyl sites for hydroxylation is 1. The number of aliphatic hydroxyl groups excluding tert-OH is 1. The van der Waals surface area contributed by atoms with Crippen LogP contribution in [0.15, 0.2) is 0 Å². The van der Waals surface area contributed by atoms with Crippen LogP contribution in [0.5, 0.6) is 0 Å². The zero-order valence-corrected chi connectivity index (χ0v) is 12.2. The van der Waals surface area contributed by atoms with Gasteiger partial charge in [-0.25, -0.2) is 0 Å². The van der Waals surface area contributed by atoms with Crippen LogP contribution in [-0.2, 0) is 0 Å². The summed E-state index contributed by atoms with van der Waals surface area (Å²) in [5.41, 5.74) is 0. The van der Waals surface area contributed by atoms with Crippen LogP contribution >= 0.6 is 0 Å². The highest BCUT2D eigenvalue weighted by molar-refractivity contribution is 5.39.